The summed E-state index contributed by atoms with van der Waals surface area (Å²) in [4.78, 5) is 14.7. The Kier molecular flexibility index (Phi) is 2.25. The second-order valence-electron chi connectivity index (χ2n) is 2.14. The van der Waals surface area contributed by atoms with E-state index in [0.717, 1.165) is 0 Å². The average Bonchev–Trinajstić information content (AvgIpc) is 2.04. The third kappa shape index (κ3) is 1.58. The molecule has 1 N–H and O–H groups in total. The Morgan fingerprint density at radius 3 is 3.09 bits per heavy atom. The van der Waals surface area contributed by atoms with Gasteiger partial charge >= 0.3 is 5.97 Å². The number of esters is 1. The number of dihydropyridines is 1. The summed E-state index contributed by atoms with van der Waals surface area (Å²) >= 11 is 0. The van der Waals surface area contributed by atoms with E-state index in [1.54, 1.807) is 0 Å². The molecule has 1 heterocycles. The first-order valence-electron chi connectivity index (χ1n) is 3.26. The molecule has 4 heteroatoms. The predicted molar refractivity (Wildman–Crippen MR) is 39.6 cm³/mol. The number of hydrogen-bond acceptors (Lipinski definition) is 4. The molecule has 0 bridgehead atoms. The predicted octanol–water partition coefficient (Wildman–Crippen LogP) is 0.446. The molecule has 0 spiro atoms. The van der Waals surface area contributed by atoms with Crippen molar-refractivity contribution in [2.24, 2.45) is 4.99 Å². The van der Waals surface area contributed by atoms with Gasteiger partial charge in [0, 0.05) is 19.2 Å². The number of nitrogens with zero attached hydrogens (tertiary/aromatic N) is 1. The smallest absolute Gasteiger partial charge is 0.342 e. The first-order valence-corrected chi connectivity index (χ1v) is 3.26. The topological polar surface area (TPSA) is 58.9 Å². The summed E-state index contributed by atoms with van der Waals surface area (Å²) in [6.45, 7) is 0.534. The molecule has 60 valence electrons. The van der Waals surface area contributed by atoms with Gasteiger partial charge < -0.3 is 9.84 Å². The summed E-state index contributed by atoms with van der Waals surface area (Å²) in [6.07, 6.45) is 1.76. The van der Waals surface area contributed by atoms with E-state index < -0.39 is 5.97 Å². The van der Waals surface area contributed by atoms with Crippen LogP contribution in [0, 0.1) is 0 Å². The Bertz CT molecular complexity index is 230. The summed E-state index contributed by atoms with van der Waals surface area (Å²) in [6, 6.07) is 0. The quantitative estimate of drug-likeness (QED) is 0.559. The molecule has 0 unspecified atom stereocenters. The van der Waals surface area contributed by atoms with Crippen LogP contribution in [0.1, 0.15) is 6.42 Å². The van der Waals surface area contributed by atoms with Gasteiger partial charge in [-0.3, -0.25) is 4.99 Å². The van der Waals surface area contributed by atoms with E-state index in [2.05, 4.69) is 9.73 Å². The van der Waals surface area contributed by atoms with Crippen LogP contribution in [0.4, 0.5) is 0 Å². The SMILES string of the molecule is COC(=O)C1=C(O)CCN=C1. The van der Waals surface area contributed by atoms with E-state index in [4.69, 9.17) is 5.11 Å². The number of aliphatic imine (C=N–C) groups is 1. The molecule has 0 aromatic rings. The Hall–Kier alpha value is -1.32. The van der Waals surface area contributed by atoms with Crippen molar-refractivity contribution in [1.82, 2.24) is 0 Å². The number of rotatable bonds is 1. The number of carbonyl (C=O) groups is 1. The molecule has 0 saturated carbocycles. The molecule has 0 radical (unpaired) electrons. The first kappa shape index (κ1) is 7.78. The molecular weight excluding hydrogens is 146 g/mol. The maximum atomic E-state index is 10.8. The van der Waals surface area contributed by atoms with Crippen molar-refractivity contribution >= 4 is 12.2 Å². The molecule has 0 saturated heterocycles. The number of methoxy groups -OCH3 is 1. The number of carbonyl (C=O) groups excluding carboxylic acids is 1. The van der Waals surface area contributed by atoms with Crippen LogP contribution in [0.2, 0.25) is 0 Å². The number of aliphatic hydroxyl groups excluding tert-OH is 1. The highest BCUT2D eigenvalue weighted by molar-refractivity contribution is 6.10. The van der Waals surface area contributed by atoms with Crippen LogP contribution in [0.3, 0.4) is 0 Å². The molecule has 4 nitrogen and oxygen atoms in total. The van der Waals surface area contributed by atoms with Gasteiger partial charge in [0.1, 0.15) is 11.3 Å². The fourth-order valence-electron chi connectivity index (χ4n) is 0.816. The molecule has 0 aliphatic carbocycles. The molecule has 1 aliphatic rings. The fraction of sp³-hybridized carbons (Fsp3) is 0.429. The molecule has 11 heavy (non-hydrogen) atoms. The van der Waals surface area contributed by atoms with Gasteiger partial charge in [0.05, 0.1) is 7.11 Å². The Morgan fingerprint density at radius 1 is 1.82 bits per heavy atom. The zero-order valence-corrected chi connectivity index (χ0v) is 6.20. The third-order valence-corrected chi connectivity index (χ3v) is 1.41. The summed E-state index contributed by atoms with van der Waals surface area (Å²) in [5.74, 6) is -0.474. The standard InChI is InChI=1S/C7H9NO3/c1-11-7(10)5-4-8-3-2-6(5)9/h4,9H,2-3H2,1H3. The zero-order valence-electron chi connectivity index (χ0n) is 6.20. The maximum absolute atomic E-state index is 10.8. The van der Waals surface area contributed by atoms with E-state index >= 15 is 0 Å². The van der Waals surface area contributed by atoms with Crippen LogP contribution in [0.25, 0.3) is 0 Å². The van der Waals surface area contributed by atoms with E-state index in [0.29, 0.717) is 13.0 Å². The molecule has 0 fully saturated rings. The minimum absolute atomic E-state index is 0.0619. The van der Waals surface area contributed by atoms with Gasteiger partial charge in [0.25, 0.3) is 0 Å². The maximum Gasteiger partial charge on any atom is 0.342 e. The zero-order chi connectivity index (χ0) is 8.27. The summed E-state index contributed by atoms with van der Waals surface area (Å²) in [7, 11) is 1.27. The van der Waals surface area contributed by atoms with Crippen LogP contribution in [-0.2, 0) is 9.53 Å². The van der Waals surface area contributed by atoms with Crippen molar-refractivity contribution in [3.8, 4) is 0 Å². The molecule has 1 rings (SSSR count). The van der Waals surface area contributed by atoms with Gasteiger partial charge in [-0.2, -0.15) is 0 Å². The van der Waals surface area contributed by atoms with Gasteiger partial charge in [-0.25, -0.2) is 4.79 Å². The van der Waals surface area contributed by atoms with Gasteiger partial charge in [0.2, 0.25) is 0 Å². The molecular formula is C7H9NO3. The summed E-state index contributed by atoms with van der Waals surface area (Å²) < 4.78 is 4.41. The van der Waals surface area contributed by atoms with Gasteiger partial charge in [0.15, 0.2) is 0 Å². The fourth-order valence-corrected chi connectivity index (χ4v) is 0.816. The van der Waals surface area contributed by atoms with Crippen LogP contribution in [0.5, 0.6) is 0 Å². The van der Waals surface area contributed by atoms with E-state index in [1.807, 2.05) is 0 Å². The first-order chi connectivity index (χ1) is 5.25. The van der Waals surface area contributed by atoms with Crippen molar-refractivity contribution < 1.29 is 14.6 Å². The molecule has 0 amide bonds. The lowest BCUT2D eigenvalue weighted by molar-refractivity contribution is -0.135. The normalized spacial score (nSPS) is 16.8. The van der Waals surface area contributed by atoms with Gasteiger partial charge in [-0.05, 0) is 0 Å². The largest absolute Gasteiger partial charge is 0.511 e. The Balaban J connectivity index is 2.83. The monoisotopic (exact) mass is 155 g/mol. The highest BCUT2D eigenvalue weighted by Crippen LogP contribution is 2.09. The Labute approximate surface area is 64.2 Å². The number of aliphatic hydroxyl groups is 1. The van der Waals surface area contributed by atoms with Crippen molar-refractivity contribution in [2.75, 3.05) is 13.7 Å². The molecule has 1 aliphatic heterocycles. The molecule has 0 aromatic carbocycles. The van der Waals surface area contributed by atoms with Gasteiger partial charge in [-0.1, -0.05) is 0 Å². The van der Waals surface area contributed by atoms with Crippen LogP contribution >= 0.6 is 0 Å². The van der Waals surface area contributed by atoms with Gasteiger partial charge in [-0.15, -0.1) is 0 Å². The lowest BCUT2D eigenvalue weighted by atomic mass is 10.1. The summed E-state index contributed by atoms with van der Waals surface area (Å²) in [5, 5.41) is 9.16. The lowest BCUT2D eigenvalue weighted by Gasteiger charge is -2.07. The lowest BCUT2D eigenvalue weighted by Crippen LogP contribution is -2.12. The average molecular weight is 155 g/mol. The van der Waals surface area contributed by atoms with Crippen molar-refractivity contribution in [1.29, 1.82) is 0 Å². The number of hydrogen-bond donors (Lipinski definition) is 1. The van der Waals surface area contributed by atoms with Crippen molar-refractivity contribution in [3.05, 3.63) is 11.3 Å². The minimum Gasteiger partial charge on any atom is -0.511 e. The van der Waals surface area contributed by atoms with Crippen LogP contribution in [0.15, 0.2) is 16.3 Å². The van der Waals surface area contributed by atoms with Crippen molar-refractivity contribution in [3.63, 3.8) is 0 Å². The van der Waals surface area contributed by atoms with E-state index in [1.165, 1.54) is 13.3 Å². The summed E-state index contributed by atoms with van der Waals surface area (Å²) in [5.41, 5.74) is 0.166. The second kappa shape index (κ2) is 3.18. The molecule has 0 atom stereocenters. The minimum atomic E-state index is -0.536. The Morgan fingerprint density at radius 2 is 2.55 bits per heavy atom. The molecule has 0 aromatic heterocycles. The second-order valence-corrected chi connectivity index (χ2v) is 2.14. The van der Waals surface area contributed by atoms with Crippen LogP contribution in [-0.4, -0.2) is 30.9 Å². The van der Waals surface area contributed by atoms with E-state index in [9.17, 15) is 4.79 Å². The number of ether oxygens (including phenoxy) is 1. The highest BCUT2D eigenvalue weighted by Gasteiger charge is 2.15. The third-order valence-electron chi connectivity index (χ3n) is 1.41. The van der Waals surface area contributed by atoms with Crippen molar-refractivity contribution in [2.45, 2.75) is 6.42 Å². The van der Waals surface area contributed by atoms with E-state index in [-0.39, 0.29) is 11.3 Å². The highest BCUT2D eigenvalue weighted by atomic mass is 16.5. The van der Waals surface area contributed by atoms with Crippen LogP contribution < -0.4 is 0 Å².